The van der Waals surface area contributed by atoms with Crippen LogP contribution in [0.4, 0.5) is 10.7 Å². The third kappa shape index (κ3) is 15.5. The largest absolute Gasteiger partial charge is 0.338 e. The summed E-state index contributed by atoms with van der Waals surface area (Å²) < 4.78 is 0. The Labute approximate surface area is 176 Å². The summed E-state index contributed by atoms with van der Waals surface area (Å²) >= 11 is 0. The standard InChI is InChI=1S/C23H40N4O2/c1-2-3-4-5-6-7-8-9-10-11-12-13-14-15-16-17-19-25-23(29)27-22-24-20-18-21(28)26-22/h9-10,18,20H,2-8,11-17,19H2,1H3,(H3,24,25,26,27,28,29)/b10-9-. The van der Waals surface area contributed by atoms with Gasteiger partial charge in [-0.05, 0) is 32.1 Å². The molecule has 6 heteroatoms. The highest BCUT2D eigenvalue weighted by Gasteiger charge is 2.02. The van der Waals surface area contributed by atoms with Gasteiger partial charge in [-0.1, -0.05) is 76.9 Å². The van der Waals surface area contributed by atoms with E-state index in [1.54, 1.807) is 0 Å². The Morgan fingerprint density at radius 1 is 0.931 bits per heavy atom. The minimum Gasteiger partial charge on any atom is -0.338 e. The van der Waals surface area contributed by atoms with Gasteiger partial charge in [0.2, 0.25) is 5.95 Å². The predicted molar refractivity (Wildman–Crippen MR) is 121 cm³/mol. The van der Waals surface area contributed by atoms with E-state index in [0.717, 1.165) is 12.8 Å². The van der Waals surface area contributed by atoms with Crippen LogP contribution in [-0.4, -0.2) is 22.5 Å². The summed E-state index contributed by atoms with van der Waals surface area (Å²) in [5.74, 6) is 0.163. The summed E-state index contributed by atoms with van der Waals surface area (Å²) in [7, 11) is 0. The van der Waals surface area contributed by atoms with E-state index < -0.39 is 0 Å². The summed E-state index contributed by atoms with van der Waals surface area (Å²) in [6.07, 6.45) is 23.9. The van der Waals surface area contributed by atoms with Crippen LogP contribution in [0.5, 0.6) is 0 Å². The zero-order chi connectivity index (χ0) is 21.0. The summed E-state index contributed by atoms with van der Waals surface area (Å²) in [4.78, 5) is 29.1. The number of allylic oxidation sites excluding steroid dienone is 2. The monoisotopic (exact) mass is 404 g/mol. The lowest BCUT2D eigenvalue weighted by Crippen LogP contribution is -2.30. The third-order valence-corrected chi connectivity index (χ3v) is 4.87. The molecule has 0 unspecified atom stereocenters. The second-order valence-corrected chi connectivity index (χ2v) is 7.60. The molecule has 29 heavy (non-hydrogen) atoms. The summed E-state index contributed by atoms with van der Waals surface area (Å²) in [5.41, 5.74) is -0.382. The number of aromatic amines is 1. The van der Waals surface area contributed by atoms with Gasteiger partial charge in [0.15, 0.2) is 0 Å². The molecule has 0 fully saturated rings. The summed E-state index contributed by atoms with van der Waals surface area (Å²) in [6.45, 7) is 2.89. The van der Waals surface area contributed by atoms with Crippen molar-refractivity contribution in [3.63, 3.8) is 0 Å². The molecule has 1 aromatic rings. The Balaban J connectivity index is 1.83. The Morgan fingerprint density at radius 3 is 2.14 bits per heavy atom. The average molecular weight is 405 g/mol. The molecule has 0 bridgehead atoms. The van der Waals surface area contributed by atoms with Crippen molar-refractivity contribution in [3.05, 3.63) is 34.8 Å². The van der Waals surface area contributed by atoms with Crippen LogP contribution in [0, 0.1) is 0 Å². The van der Waals surface area contributed by atoms with Gasteiger partial charge in [-0.15, -0.1) is 0 Å². The van der Waals surface area contributed by atoms with Gasteiger partial charge in [0.05, 0.1) is 0 Å². The second kappa shape index (κ2) is 18.0. The molecule has 3 N–H and O–H groups in total. The van der Waals surface area contributed by atoms with Gasteiger partial charge >= 0.3 is 6.03 Å². The van der Waals surface area contributed by atoms with E-state index >= 15 is 0 Å². The first-order chi connectivity index (χ1) is 14.2. The van der Waals surface area contributed by atoms with Gasteiger partial charge in [-0.2, -0.15) is 4.98 Å². The number of nitrogens with zero attached hydrogens (tertiary/aromatic N) is 1. The molecule has 0 aliphatic heterocycles. The molecule has 2 amide bonds. The van der Waals surface area contributed by atoms with E-state index in [-0.39, 0.29) is 17.5 Å². The quantitative estimate of drug-likeness (QED) is 0.222. The molecule has 0 saturated heterocycles. The van der Waals surface area contributed by atoms with Gasteiger partial charge < -0.3 is 10.3 Å². The minimum atomic E-state index is -0.382. The van der Waals surface area contributed by atoms with Crippen LogP contribution in [0.25, 0.3) is 0 Å². The third-order valence-electron chi connectivity index (χ3n) is 4.87. The van der Waals surface area contributed by atoms with E-state index in [1.165, 1.54) is 89.3 Å². The Bertz CT molecular complexity index is 613. The first-order valence-electron chi connectivity index (χ1n) is 11.5. The van der Waals surface area contributed by atoms with Gasteiger partial charge in [-0.25, -0.2) is 4.79 Å². The van der Waals surface area contributed by atoms with E-state index in [9.17, 15) is 9.59 Å². The van der Waals surface area contributed by atoms with Gasteiger partial charge in [0.25, 0.3) is 5.56 Å². The number of hydrogen-bond acceptors (Lipinski definition) is 3. The second-order valence-electron chi connectivity index (χ2n) is 7.60. The van der Waals surface area contributed by atoms with Crippen LogP contribution >= 0.6 is 0 Å². The van der Waals surface area contributed by atoms with E-state index in [1.807, 2.05) is 0 Å². The van der Waals surface area contributed by atoms with Crippen molar-refractivity contribution in [1.82, 2.24) is 15.3 Å². The lowest BCUT2D eigenvalue weighted by molar-refractivity contribution is 0.251. The van der Waals surface area contributed by atoms with Crippen LogP contribution in [0.1, 0.15) is 96.8 Å². The fourth-order valence-electron chi connectivity index (χ4n) is 3.16. The van der Waals surface area contributed by atoms with Gasteiger partial charge in [0, 0.05) is 18.8 Å². The molecule has 164 valence electrons. The molecule has 1 heterocycles. The number of anilines is 1. The van der Waals surface area contributed by atoms with E-state index in [0.29, 0.717) is 6.54 Å². The molecule has 0 radical (unpaired) electrons. The first-order valence-corrected chi connectivity index (χ1v) is 11.5. The number of carbonyl (C=O) groups is 1. The molecule has 0 saturated carbocycles. The predicted octanol–water partition coefficient (Wildman–Crippen LogP) is 5.93. The van der Waals surface area contributed by atoms with E-state index in [4.69, 9.17) is 0 Å². The number of amides is 2. The van der Waals surface area contributed by atoms with Gasteiger partial charge in [0.1, 0.15) is 0 Å². The normalized spacial score (nSPS) is 11.1. The van der Waals surface area contributed by atoms with Crippen LogP contribution in [0.3, 0.4) is 0 Å². The van der Waals surface area contributed by atoms with E-state index in [2.05, 4.69) is 39.7 Å². The first kappa shape index (κ1) is 24.9. The minimum absolute atomic E-state index is 0.163. The van der Waals surface area contributed by atoms with Gasteiger partial charge in [-0.3, -0.25) is 10.1 Å². The smallest absolute Gasteiger partial charge is 0.321 e. The topological polar surface area (TPSA) is 86.9 Å². The zero-order valence-corrected chi connectivity index (χ0v) is 18.2. The molecular weight excluding hydrogens is 364 g/mol. The Morgan fingerprint density at radius 2 is 1.52 bits per heavy atom. The lowest BCUT2D eigenvalue weighted by atomic mass is 10.1. The number of hydrogen-bond donors (Lipinski definition) is 3. The lowest BCUT2D eigenvalue weighted by Gasteiger charge is -2.06. The maximum Gasteiger partial charge on any atom is 0.321 e. The molecule has 6 nitrogen and oxygen atoms in total. The number of nitrogens with one attached hydrogen (secondary N) is 3. The average Bonchev–Trinajstić information content (AvgIpc) is 2.70. The van der Waals surface area contributed by atoms with Crippen molar-refractivity contribution in [2.75, 3.05) is 11.9 Å². The van der Waals surface area contributed by atoms with Crippen molar-refractivity contribution in [3.8, 4) is 0 Å². The number of urea groups is 1. The number of aromatic nitrogens is 2. The number of carbonyl (C=O) groups excluding carboxylic acids is 1. The molecule has 0 atom stereocenters. The summed E-state index contributed by atoms with van der Waals surface area (Å²) in [6, 6.07) is 0.961. The summed E-state index contributed by atoms with van der Waals surface area (Å²) in [5, 5.41) is 5.29. The van der Waals surface area contributed by atoms with Crippen molar-refractivity contribution < 1.29 is 4.79 Å². The molecule has 0 aliphatic carbocycles. The molecule has 1 rings (SSSR count). The van der Waals surface area contributed by atoms with Crippen LogP contribution < -0.4 is 16.2 Å². The molecule has 1 aromatic heterocycles. The highest BCUT2D eigenvalue weighted by Crippen LogP contribution is 2.09. The maximum atomic E-state index is 11.7. The van der Waals surface area contributed by atoms with Crippen LogP contribution in [0.15, 0.2) is 29.2 Å². The fourth-order valence-corrected chi connectivity index (χ4v) is 3.16. The Hall–Kier alpha value is -2.11. The maximum absolute atomic E-state index is 11.7. The number of rotatable bonds is 17. The highest BCUT2D eigenvalue weighted by molar-refractivity contribution is 5.87. The number of H-pyrrole nitrogens is 1. The molecule has 0 aliphatic rings. The van der Waals surface area contributed by atoms with Crippen molar-refractivity contribution in [2.24, 2.45) is 0 Å². The number of unbranched alkanes of at least 4 members (excludes halogenated alkanes) is 12. The van der Waals surface area contributed by atoms with Crippen molar-refractivity contribution in [2.45, 2.75) is 96.8 Å². The molecule has 0 spiro atoms. The van der Waals surface area contributed by atoms with Crippen LogP contribution in [0.2, 0.25) is 0 Å². The molecular formula is C23H40N4O2. The van der Waals surface area contributed by atoms with Crippen LogP contribution in [-0.2, 0) is 0 Å². The SMILES string of the molecule is CCCCCCCC/C=C\CCCCCCCCNC(=O)Nc1nc(=O)cc[nH]1. The Kier molecular flexibility index (Phi) is 15.4. The molecule has 0 aromatic carbocycles. The van der Waals surface area contributed by atoms with Crippen molar-refractivity contribution >= 4 is 12.0 Å². The fraction of sp³-hybridized carbons (Fsp3) is 0.696. The highest BCUT2D eigenvalue weighted by atomic mass is 16.2. The zero-order valence-electron chi connectivity index (χ0n) is 18.2. The van der Waals surface area contributed by atoms with Crippen molar-refractivity contribution in [1.29, 1.82) is 0 Å².